The number of H-pyrrole nitrogens is 1. The molecule has 18 heavy (non-hydrogen) atoms. The van der Waals surface area contributed by atoms with Crippen LogP contribution in [-0.4, -0.2) is 23.5 Å². The fourth-order valence-corrected chi connectivity index (χ4v) is 2.53. The van der Waals surface area contributed by atoms with Crippen LogP contribution in [0, 0.1) is 0 Å². The molecule has 0 fully saturated rings. The van der Waals surface area contributed by atoms with E-state index in [4.69, 9.17) is 0 Å². The predicted molar refractivity (Wildman–Crippen MR) is 63.3 cm³/mol. The minimum Gasteiger partial charge on any atom is -0.358 e. The lowest BCUT2D eigenvalue weighted by Gasteiger charge is -2.22. The van der Waals surface area contributed by atoms with Crippen LogP contribution in [0.15, 0.2) is 18.2 Å². The number of rotatable bonds is 0. The fraction of sp³-hybridized carbons (Fsp3) is 0.385. The highest BCUT2D eigenvalue weighted by Gasteiger charge is 2.31. The lowest BCUT2D eigenvalue weighted by molar-refractivity contribution is -0.137. The summed E-state index contributed by atoms with van der Waals surface area (Å²) in [7, 11) is 1.98. The van der Waals surface area contributed by atoms with Crippen molar-refractivity contribution in [2.75, 3.05) is 13.6 Å². The Balaban J connectivity index is 2.18. The number of hydrogen-bond acceptors (Lipinski definition) is 1. The molecule has 0 unspecified atom stereocenters. The minimum absolute atomic E-state index is 0.579. The Morgan fingerprint density at radius 1 is 1.28 bits per heavy atom. The van der Waals surface area contributed by atoms with Crippen molar-refractivity contribution in [3.63, 3.8) is 0 Å². The number of fused-ring (bicyclic) bond motifs is 3. The summed E-state index contributed by atoms with van der Waals surface area (Å²) >= 11 is 0. The number of likely N-dealkylation sites (N-methyl/N-ethyl adjacent to an activating group) is 1. The first-order valence-electron chi connectivity index (χ1n) is 5.84. The van der Waals surface area contributed by atoms with Gasteiger partial charge in [-0.25, -0.2) is 0 Å². The highest BCUT2D eigenvalue weighted by molar-refractivity contribution is 5.85. The number of alkyl halides is 3. The summed E-state index contributed by atoms with van der Waals surface area (Å²) in [6.45, 7) is 1.64. The minimum atomic E-state index is -4.28. The largest absolute Gasteiger partial charge is 0.416 e. The van der Waals surface area contributed by atoms with Crippen molar-refractivity contribution in [2.45, 2.75) is 19.1 Å². The molecule has 1 aromatic carbocycles. The molecular weight excluding hydrogens is 241 g/mol. The Labute approximate surface area is 102 Å². The summed E-state index contributed by atoms with van der Waals surface area (Å²) in [4.78, 5) is 5.34. The van der Waals surface area contributed by atoms with E-state index in [-0.39, 0.29) is 0 Å². The van der Waals surface area contributed by atoms with Crippen LogP contribution in [0.5, 0.6) is 0 Å². The van der Waals surface area contributed by atoms with Gasteiger partial charge >= 0.3 is 6.18 Å². The standard InChI is InChI=1S/C13H13F3N2/c1-18-5-4-12-10(7-18)9-6-8(13(14,15)16)2-3-11(9)17-12/h2-3,6,17H,4-5,7H2,1H3. The molecule has 1 aromatic heterocycles. The second-order valence-electron chi connectivity index (χ2n) is 4.83. The maximum Gasteiger partial charge on any atom is 0.416 e. The van der Waals surface area contributed by atoms with Crippen LogP contribution in [0.25, 0.3) is 10.9 Å². The quantitative estimate of drug-likeness (QED) is 0.765. The van der Waals surface area contributed by atoms with Crippen LogP contribution >= 0.6 is 0 Å². The fourth-order valence-electron chi connectivity index (χ4n) is 2.53. The molecule has 0 amide bonds. The van der Waals surface area contributed by atoms with Gasteiger partial charge in [-0.05, 0) is 30.8 Å². The van der Waals surface area contributed by atoms with E-state index in [1.807, 2.05) is 7.05 Å². The van der Waals surface area contributed by atoms with E-state index in [0.717, 1.165) is 35.8 Å². The third kappa shape index (κ3) is 1.79. The molecule has 0 saturated carbocycles. The van der Waals surface area contributed by atoms with Gasteiger partial charge in [0.15, 0.2) is 0 Å². The first-order valence-corrected chi connectivity index (χ1v) is 5.84. The van der Waals surface area contributed by atoms with Gasteiger partial charge in [0.25, 0.3) is 0 Å². The van der Waals surface area contributed by atoms with Gasteiger partial charge in [-0.2, -0.15) is 13.2 Å². The van der Waals surface area contributed by atoms with Crippen molar-refractivity contribution in [1.29, 1.82) is 0 Å². The predicted octanol–water partition coefficient (Wildman–Crippen LogP) is 3.17. The van der Waals surface area contributed by atoms with Gasteiger partial charge in [-0.15, -0.1) is 0 Å². The molecule has 0 spiro atoms. The topological polar surface area (TPSA) is 19.0 Å². The Morgan fingerprint density at radius 3 is 2.78 bits per heavy atom. The average molecular weight is 254 g/mol. The van der Waals surface area contributed by atoms with E-state index in [0.29, 0.717) is 11.9 Å². The number of nitrogens with one attached hydrogen (secondary N) is 1. The van der Waals surface area contributed by atoms with Crippen LogP contribution < -0.4 is 0 Å². The van der Waals surface area contributed by atoms with Crippen LogP contribution in [-0.2, 0) is 19.1 Å². The zero-order valence-corrected chi connectivity index (χ0v) is 9.93. The molecule has 5 heteroatoms. The SMILES string of the molecule is CN1CCc2[nH]c3ccc(C(F)(F)F)cc3c2C1. The molecule has 0 radical (unpaired) electrons. The van der Waals surface area contributed by atoms with Crippen molar-refractivity contribution in [3.05, 3.63) is 35.0 Å². The molecule has 0 aliphatic carbocycles. The summed E-state index contributed by atoms with van der Waals surface area (Å²) in [5.41, 5.74) is 2.29. The van der Waals surface area contributed by atoms with Gasteiger partial charge in [0, 0.05) is 36.1 Å². The maximum atomic E-state index is 12.7. The summed E-state index contributed by atoms with van der Waals surface area (Å²) in [5, 5.41) is 0.700. The third-order valence-corrected chi connectivity index (χ3v) is 3.49. The lowest BCUT2D eigenvalue weighted by Crippen LogP contribution is -2.26. The summed E-state index contributed by atoms with van der Waals surface area (Å²) < 4.78 is 38.1. The van der Waals surface area contributed by atoms with Crippen LogP contribution in [0.1, 0.15) is 16.8 Å². The van der Waals surface area contributed by atoms with E-state index in [1.165, 1.54) is 12.1 Å². The third-order valence-electron chi connectivity index (χ3n) is 3.49. The van der Waals surface area contributed by atoms with Crippen molar-refractivity contribution in [3.8, 4) is 0 Å². The van der Waals surface area contributed by atoms with Gasteiger partial charge in [0.05, 0.1) is 5.56 Å². The Morgan fingerprint density at radius 2 is 2.06 bits per heavy atom. The summed E-state index contributed by atoms with van der Waals surface area (Å²) in [6.07, 6.45) is -3.42. The highest BCUT2D eigenvalue weighted by Crippen LogP contribution is 2.34. The molecule has 0 saturated heterocycles. The second kappa shape index (κ2) is 3.75. The van der Waals surface area contributed by atoms with Gasteiger partial charge in [-0.3, -0.25) is 0 Å². The zero-order valence-electron chi connectivity index (χ0n) is 9.93. The van der Waals surface area contributed by atoms with E-state index >= 15 is 0 Å². The molecule has 2 nitrogen and oxygen atoms in total. The molecule has 2 heterocycles. The molecule has 2 aromatic rings. The number of aromatic nitrogens is 1. The normalized spacial score (nSPS) is 17.1. The first-order chi connectivity index (χ1) is 8.45. The van der Waals surface area contributed by atoms with Crippen LogP contribution in [0.2, 0.25) is 0 Å². The Bertz CT molecular complexity index is 598. The van der Waals surface area contributed by atoms with E-state index < -0.39 is 11.7 Å². The van der Waals surface area contributed by atoms with E-state index in [2.05, 4.69) is 9.88 Å². The van der Waals surface area contributed by atoms with E-state index in [1.54, 1.807) is 0 Å². The van der Waals surface area contributed by atoms with Gasteiger partial charge < -0.3 is 9.88 Å². The Hall–Kier alpha value is -1.49. The van der Waals surface area contributed by atoms with Gasteiger partial charge in [0.1, 0.15) is 0 Å². The molecule has 1 N–H and O–H groups in total. The second-order valence-corrected chi connectivity index (χ2v) is 4.83. The summed E-state index contributed by atoms with van der Waals surface area (Å²) in [6, 6.07) is 3.91. The average Bonchev–Trinajstić information content (AvgIpc) is 2.65. The molecule has 1 aliphatic rings. The van der Waals surface area contributed by atoms with Gasteiger partial charge in [0.2, 0.25) is 0 Å². The smallest absolute Gasteiger partial charge is 0.358 e. The number of aromatic amines is 1. The van der Waals surface area contributed by atoms with Crippen LogP contribution in [0.3, 0.4) is 0 Å². The van der Waals surface area contributed by atoms with Crippen molar-refractivity contribution >= 4 is 10.9 Å². The van der Waals surface area contributed by atoms with Crippen molar-refractivity contribution in [1.82, 2.24) is 9.88 Å². The molecule has 1 aliphatic heterocycles. The number of hydrogen-bond donors (Lipinski definition) is 1. The highest BCUT2D eigenvalue weighted by atomic mass is 19.4. The van der Waals surface area contributed by atoms with Crippen molar-refractivity contribution < 1.29 is 13.2 Å². The molecular formula is C13H13F3N2. The first kappa shape index (κ1) is 11.6. The number of halogens is 3. The Kier molecular flexibility index (Phi) is 2.41. The number of nitrogens with zero attached hydrogens (tertiary/aromatic N) is 1. The molecule has 0 bridgehead atoms. The summed E-state index contributed by atoms with van der Waals surface area (Å²) in [5.74, 6) is 0. The molecule has 0 atom stereocenters. The van der Waals surface area contributed by atoms with E-state index in [9.17, 15) is 13.2 Å². The van der Waals surface area contributed by atoms with Crippen molar-refractivity contribution in [2.24, 2.45) is 0 Å². The molecule has 3 rings (SSSR count). The zero-order chi connectivity index (χ0) is 12.9. The lowest BCUT2D eigenvalue weighted by atomic mass is 10.0. The maximum absolute atomic E-state index is 12.7. The molecule has 96 valence electrons. The van der Waals surface area contributed by atoms with Crippen LogP contribution in [0.4, 0.5) is 13.2 Å². The number of benzene rings is 1. The monoisotopic (exact) mass is 254 g/mol. The van der Waals surface area contributed by atoms with Gasteiger partial charge in [-0.1, -0.05) is 0 Å².